The molecular weight excluding hydrogens is 223 g/mol. The number of alkyl halides is 1. The molecule has 1 saturated heterocycles. The maximum Gasteiger partial charge on any atom is 0.410 e. The zero-order chi connectivity index (χ0) is 13.1. The Morgan fingerprint density at radius 3 is 2.76 bits per heavy atom. The molecule has 0 aliphatic carbocycles. The highest BCUT2D eigenvalue weighted by Gasteiger charge is 2.36. The Labute approximate surface area is 102 Å². The summed E-state index contributed by atoms with van der Waals surface area (Å²) in [5.41, 5.74) is -0.529. The number of amides is 1. The molecule has 1 rings (SSSR count). The fourth-order valence-electron chi connectivity index (χ4n) is 2.05. The van der Waals surface area contributed by atoms with Gasteiger partial charge in [-0.25, -0.2) is 9.18 Å². The van der Waals surface area contributed by atoms with Crippen LogP contribution in [0.1, 0.15) is 33.6 Å². The minimum absolute atomic E-state index is 0.268. The molecule has 1 aliphatic rings. The van der Waals surface area contributed by atoms with Crippen molar-refractivity contribution in [1.82, 2.24) is 10.2 Å². The lowest BCUT2D eigenvalue weighted by atomic mass is 10.1. The molecule has 1 amide bonds. The van der Waals surface area contributed by atoms with Crippen molar-refractivity contribution in [3.8, 4) is 0 Å². The van der Waals surface area contributed by atoms with E-state index in [0.717, 1.165) is 6.42 Å². The molecule has 2 unspecified atom stereocenters. The fourth-order valence-corrected chi connectivity index (χ4v) is 2.05. The van der Waals surface area contributed by atoms with Crippen molar-refractivity contribution in [2.24, 2.45) is 0 Å². The van der Waals surface area contributed by atoms with Crippen molar-refractivity contribution in [3.63, 3.8) is 0 Å². The highest BCUT2D eigenvalue weighted by atomic mass is 19.1. The Hall–Kier alpha value is -0.840. The lowest BCUT2D eigenvalue weighted by Gasteiger charge is -2.30. The Balaban J connectivity index is 2.59. The van der Waals surface area contributed by atoms with Crippen molar-refractivity contribution >= 4 is 6.09 Å². The van der Waals surface area contributed by atoms with Crippen LogP contribution in [0, 0.1) is 0 Å². The highest BCUT2D eigenvalue weighted by Crippen LogP contribution is 2.24. The number of ether oxygens (including phenoxy) is 1. The maximum atomic E-state index is 13.8. The fraction of sp³-hybridized carbons (Fsp3) is 0.917. The molecule has 0 spiro atoms. The van der Waals surface area contributed by atoms with Gasteiger partial charge in [-0.2, -0.15) is 0 Å². The molecular formula is C12H23FN2O2. The van der Waals surface area contributed by atoms with Crippen LogP contribution in [0.25, 0.3) is 0 Å². The maximum absolute atomic E-state index is 13.8. The molecule has 0 radical (unpaired) electrons. The standard InChI is InChI=1S/C12H23FN2O2/c1-12(2,3)17-11(16)15-7-5-6-10(15)9(13)8-14-4/h9-10,14H,5-8H2,1-4H3. The van der Waals surface area contributed by atoms with Crippen LogP contribution < -0.4 is 5.32 Å². The third-order valence-electron chi connectivity index (χ3n) is 2.74. The summed E-state index contributed by atoms with van der Waals surface area (Å²) in [6, 6.07) is -0.350. The van der Waals surface area contributed by atoms with Gasteiger partial charge in [0.1, 0.15) is 11.8 Å². The van der Waals surface area contributed by atoms with E-state index < -0.39 is 17.9 Å². The largest absolute Gasteiger partial charge is 0.444 e. The van der Waals surface area contributed by atoms with Gasteiger partial charge in [0.25, 0.3) is 0 Å². The van der Waals surface area contributed by atoms with Crippen molar-refractivity contribution < 1.29 is 13.9 Å². The van der Waals surface area contributed by atoms with Gasteiger partial charge >= 0.3 is 6.09 Å². The van der Waals surface area contributed by atoms with Crippen molar-refractivity contribution in [2.75, 3.05) is 20.1 Å². The molecule has 2 atom stereocenters. The molecule has 0 bridgehead atoms. The first kappa shape index (κ1) is 14.2. The van der Waals surface area contributed by atoms with E-state index in [0.29, 0.717) is 13.0 Å². The highest BCUT2D eigenvalue weighted by molar-refractivity contribution is 5.69. The van der Waals surface area contributed by atoms with Crippen LogP contribution in [0.2, 0.25) is 0 Å². The topological polar surface area (TPSA) is 41.6 Å². The van der Waals surface area contributed by atoms with Gasteiger partial charge in [-0.1, -0.05) is 0 Å². The normalized spacial score (nSPS) is 22.6. The van der Waals surface area contributed by atoms with Crippen molar-refractivity contribution in [1.29, 1.82) is 0 Å². The molecule has 17 heavy (non-hydrogen) atoms. The molecule has 1 heterocycles. The molecule has 5 heteroatoms. The van der Waals surface area contributed by atoms with E-state index in [1.807, 2.05) is 20.8 Å². The number of likely N-dealkylation sites (tertiary alicyclic amines) is 1. The molecule has 0 saturated carbocycles. The van der Waals surface area contributed by atoms with Crippen LogP contribution in [-0.4, -0.2) is 48.9 Å². The van der Waals surface area contributed by atoms with Gasteiger partial charge in [0.05, 0.1) is 6.04 Å². The summed E-state index contributed by atoms with van der Waals surface area (Å²) in [4.78, 5) is 13.4. The molecule has 100 valence electrons. The number of rotatable bonds is 3. The van der Waals surface area contributed by atoms with Gasteiger partial charge in [-0.3, -0.25) is 0 Å². The predicted octanol–water partition coefficient (Wildman–Crippen LogP) is 1.94. The summed E-state index contributed by atoms with van der Waals surface area (Å²) in [7, 11) is 1.71. The van der Waals surface area contributed by atoms with E-state index in [-0.39, 0.29) is 12.6 Å². The van der Waals surface area contributed by atoms with E-state index in [1.165, 1.54) is 4.90 Å². The van der Waals surface area contributed by atoms with Crippen LogP contribution in [0.4, 0.5) is 9.18 Å². The van der Waals surface area contributed by atoms with Crippen molar-refractivity contribution in [2.45, 2.75) is 51.4 Å². The number of carbonyl (C=O) groups excluding carboxylic acids is 1. The molecule has 1 fully saturated rings. The third kappa shape index (κ3) is 4.15. The average Bonchev–Trinajstić information content (AvgIpc) is 2.63. The Morgan fingerprint density at radius 1 is 1.59 bits per heavy atom. The first-order chi connectivity index (χ1) is 7.85. The van der Waals surface area contributed by atoms with E-state index in [1.54, 1.807) is 7.05 Å². The summed E-state index contributed by atoms with van der Waals surface area (Å²) in [5.74, 6) is 0. The van der Waals surface area contributed by atoms with Crippen LogP contribution in [0.3, 0.4) is 0 Å². The summed E-state index contributed by atoms with van der Waals surface area (Å²) >= 11 is 0. The molecule has 1 aliphatic heterocycles. The monoisotopic (exact) mass is 246 g/mol. The van der Waals surface area contributed by atoms with Gasteiger partial charge in [0.15, 0.2) is 0 Å². The summed E-state index contributed by atoms with van der Waals surface area (Å²) < 4.78 is 19.1. The first-order valence-electron chi connectivity index (χ1n) is 6.13. The molecule has 0 aromatic rings. The second-order valence-corrected chi connectivity index (χ2v) is 5.46. The lowest BCUT2D eigenvalue weighted by molar-refractivity contribution is 0.0152. The minimum atomic E-state index is -1.03. The van der Waals surface area contributed by atoms with Crippen LogP contribution in [-0.2, 0) is 4.74 Å². The second-order valence-electron chi connectivity index (χ2n) is 5.46. The number of nitrogens with one attached hydrogen (secondary N) is 1. The Kier molecular flexibility index (Phi) is 4.74. The van der Waals surface area contributed by atoms with E-state index in [9.17, 15) is 9.18 Å². The molecule has 1 N–H and O–H groups in total. The van der Waals surface area contributed by atoms with E-state index in [2.05, 4.69) is 5.32 Å². The Morgan fingerprint density at radius 2 is 2.24 bits per heavy atom. The third-order valence-corrected chi connectivity index (χ3v) is 2.74. The predicted molar refractivity (Wildman–Crippen MR) is 64.8 cm³/mol. The number of hydrogen-bond acceptors (Lipinski definition) is 3. The smallest absolute Gasteiger partial charge is 0.410 e. The summed E-state index contributed by atoms with van der Waals surface area (Å²) in [6.07, 6.45) is 0.115. The van der Waals surface area contributed by atoms with Crippen LogP contribution >= 0.6 is 0 Å². The molecule has 4 nitrogen and oxygen atoms in total. The van der Waals surface area contributed by atoms with Gasteiger partial charge in [0, 0.05) is 13.1 Å². The zero-order valence-electron chi connectivity index (χ0n) is 11.1. The minimum Gasteiger partial charge on any atom is -0.444 e. The zero-order valence-corrected chi connectivity index (χ0v) is 11.1. The van der Waals surface area contributed by atoms with E-state index >= 15 is 0 Å². The first-order valence-corrected chi connectivity index (χ1v) is 6.13. The number of nitrogens with zero attached hydrogens (tertiary/aromatic N) is 1. The van der Waals surface area contributed by atoms with Gasteiger partial charge < -0.3 is 15.0 Å². The summed E-state index contributed by atoms with van der Waals surface area (Å²) in [6.45, 7) is 6.30. The van der Waals surface area contributed by atoms with Crippen LogP contribution in [0.15, 0.2) is 0 Å². The summed E-state index contributed by atoms with van der Waals surface area (Å²) in [5, 5.41) is 2.80. The van der Waals surface area contributed by atoms with Crippen molar-refractivity contribution in [3.05, 3.63) is 0 Å². The second kappa shape index (κ2) is 5.67. The average molecular weight is 246 g/mol. The molecule has 0 aromatic carbocycles. The SMILES string of the molecule is CNCC(F)C1CCCN1C(=O)OC(C)(C)C. The molecule has 0 aromatic heterocycles. The van der Waals surface area contributed by atoms with Crippen LogP contribution in [0.5, 0.6) is 0 Å². The number of carbonyl (C=O) groups is 1. The number of hydrogen-bond donors (Lipinski definition) is 1. The lowest BCUT2D eigenvalue weighted by Crippen LogP contribution is -2.46. The Bertz CT molecular complexity index is 266. The quantitative estimate of drug-likeness (QED) is 0.827. The van der Waals surface area contributed by atoms with Gasteiger partial charge in [0.2, 0.25) is 0 Å². The van der Waals surface area contributed by atoms with Gasteiger partial charge in [-0.15, -0.1) is 0 Å². The van der Waals surface area contributed by atoms with Gasteiger partial charge in [-0.05, 0) is 40.7 Å². The van der Waals surface area contributed by atoms with E-state index in [4.69, 9.17) is 4.74 Å². The number of halogens is 1.